The molecule has 0 aliphatic carbocycles. The van der Waals surface area contributed by atoms with Crippen LogP contribution in [0.25, 0.3) is 11.3 Å². The van der Waals surface area contributed by atoms with Gasteiger partial charge in [-0.05, 0) is 18.6 Å². The Morgan fingerprint density at radius 3 is 2.60 bits per heavy atom. The van der Waals surface area contributed by atoms with Gasteiger partial charge in [-0.15, -0.1) is 0 Å². The van der Waals surface area contributed by atoms with Crippen molar-refractivity contribution in [2.45, 2.75) is 6.92 Å². The Morgan fingerprint density at radius 2 is 2.10 bits per heavy atom. The molecule has 0 saturated heterocycles. The van der Waals surface area contributed by atoms with Gasteiger partial charge in [0.15, 0.2) is 17.2 Å². The van der Waals surface area contributed by atoms with Gasteiger partial charge in [-0.3, -0.25) is 4.68 Å². The van der Waals surface area contributed by atoms with Gasteiger partial charge in [0.1, 0.15) is 0 Å². The van der Waals surface area contributed by atoms with E-state index in [1.165, 1.54) is 23.9 Å². The van der Waals surface area contributed by atoms with Crippen LogP contribution in [0.1, 0.15) is 16.1 Å². The van der Waals surface area contributed by atoms with E-state index >= 15 is 0 Å². The van der Waals surface area contributed by atoms with Crippen molar-refractivity contribution in [2.24, 2.45) is 7.05 Å². The molecule has 0 bridgehead atoms. The predicted molar refractivity (Wildman–Crippen MR) is 73.6 cm³/mol. The number of aromatic carboxylic acids is 1. The van der Waals surface area contributed by atoms with Crippen molar-refractivity contribution in [1.29, 1.82) is 0 Å². The number of hydrogen-bond donors (Lipinski definition) is 2. The molecule has 7 heteroatoms. The normalized spacial score (nSPS) is 10.6. The largest absolute Gasteiger partial charge is 0.504 e. The Bertz CT molecular complexity index is 694. The van der Waals surface area contributed by atoms with Gasteiger partial charge in [-0.2, -0.15) is 5.10 Å². The molecule has 0 saturated carbocycles. The number of phenols is 1. The Labute approximate surface area is 120 Å². The van der Waals surface area contributed by atoms with Gasteiger partial charge in [0.25, 0.3) is 0 Å². The lowest BCUT2D eigenvalue weighted by Gasteiger charge is -2.14. The summed E-state index contributed by atoms with van der Waals surface area (Å²) in [5.74, 6) is -1.02. The number of halogens is 1. The highest BCUT2D eigenvalue weighted by molar-refractivity contribution is 6.32. The van der Waals surface area contributed by atoms with Crippen LogP contribution in [-0.4, -0.2) is 33.1 Å². The van der Waals surface area contributed by atoms with Gasteiger partial charge in [0.2, 0.25) is 0 Å². The van der Waals surface area contributed by atoms with Crippen molar-refractivity contribution in [3.8, 4) is 22.8 Å². The SMILES string of the molecule is COc1c(O)cc(Cl)c(C)c1-c1cc(C(=O)O)nn1C. The fourth-order valence-corrected chi connectivity index (χ4v) is 2.23. The van der Waals surface area contributed by atoms with Crippen molar-refractivity contribution in [3.63, 3.8) is 0 Å². The number of methoxy groups -OCH3 is 1. The van der Waals surface area contributed by atoms with Gasteiger partial charge in [0, 0.05) is 18.1 Å². The van der Waals surface area contributed by atoms with E-state index in [0.29, 0.717) is 21.8 Å². The minimum absolute atomic E-state index is 0.0941. The van der Waals surface area contributed by atoms with Crippen LogP contribution < -0.4 is 4.74 Å². The van der Waals surface area contributed by atoms with E-state index in [4.69, 9.17) is 21.4 Å². The zero-order chi connectivity index (χ0) is 15.0. The van der Waals surface area contributed by atoms with Gasteiger partial charge in [-0.25, -0.2) is 4.79 Å². The number of aromatic nitrogens is 2. The van der Waals surface area contributed by atoms with E-state index in [0.717, 1.165) is 0 Å². The van der Waals surface area contributed by atoms with E-state index in [1.807, 2.05) is 0 Å². The maximum absolute atomic E-state index is 11.0. The quantitative estimate of drug-likeness (QED) is 0.909. The highest BCUT2D eigenvalue weighted by Crippen LogP contribution is 2.43. The monoisotopic (exact) mass is 296 g/mol. The van der Waals surface area contributed by atoms with E-state index < -0.39 is 5.97 Å². The van der Waals surface area contributed by atoms with E-state index in [2.05, 4.69) is 5.10 Å². The van der Waals surface area contributed by atoms with Crippen LogP contribution in [0.2, 0.25) is 5.02 Å². The van der Waals surface area contributed by atoms with E-state index in [-0.39, 0.29) is 17.2 Å². The molecule has 1 aromatic heterocycles. The Morgan fingerprint density at radius 1 is 1.45 bits per heavy atom. The van der Waals surface area contributed by atoms with Crippen molar-refractivity contribution in [3.05, 3.63) is 28.4 Å². The first kappa shape index (κ1) is 14.2. The summed E-state index contributed by atoms with van der Waals surface area (Å²) in [5.41, 5.74) is 1.58. The molecular formula is C13H13ClN2O4. The highest BCUT2D eigenvalue weighted by Gasteiger charge is 2.21. The van der Waals surface area contributed by atoms with Crippen LogP contribution >= 0.6 is 11.6 Å². The van der Waals surface area contributed by atoms with Crippen LogP contribution in [0.4, 0.5) is 0 Å². The molecule has 0 amide bonds. The molecule has 2 rings (SSSR count). The van der Waals surface area contributed by atoms with E-state index in [9.17, 15) is 9.90 Å². The minimum atomic E-state index is -1.13. The minimum Gasteiger partial charge on any atom is -0.504 e. The summed E-state index contributed by atoms with van der Waals surface area (Å²) in [5, 5.41) is 23.2. The highest BCUT2D eigenvalue weighted by atomic mass is 35.5. The Kier molecular flexibility index (Phi) is 3.59. The summed E-state index contributed by atoms with van der Waals surface area (Å²) in [4.78, 5) is 11.0. The predicted octanol–water partition coefficient (Wildman–Crippen LogP) is 2.46. The van der Waals surface area contributed by atoms with Crippen LogP contribution in [0, 0.1) is 6.92 Å². The fraction of sp³-hybridized carbons (Fsp3) is 0.231. The summed E-state index contributed by atoms with van der Waals surface area (Å²) >= 11 is 6.06. The summed E-state index contributed by atoms with van der Waals surface area (Å²) < 4.78 is 6.60. The van der Waals surface area contributed by atoms with Gasteiger partial charge < -0.3 is 14.9 Å². The summed E-state index contributed by atoms with van der Waals surface area (Å²) in [6, 6.07) is 2.79. The number of phenolic OH excluding ortho intramolecular Hbond substituents is 1. The molecule has 0 fully saturated rings. The zero-order valence-corrected chi connectivity index (χ0v) is 11.9. The molecule has 6 nitrogen and oxygen atoms in total. The third kappa shape index (κ3) is 2.18. The topological polar surface area (TPSA) is 84.6 Å². The Hall–Kier alpha value is -2.21. The molecule has 2 N–H and O–H groups in total. The second kappa shape index (κ2) is 5.05. The van der Waals surface area contributed by atoms with Crippen molar-refractivity contribution < 1.29 is 19.7 Å². The van der Waals surface area contributed by atoms with E-state index in [1.54, 1.807) is 14.0 Å². The number of benzene rings is 1. The smallest absolute Gasteiger partial charge is 0.356 e. The summed E-state index contributed by atoms with van der Waals surface area (Å²) in [6.45, 7) is 1.76. The number of hydrogen-bond acceptors (Lipinski definition) is 4. The first-order valence-corrected chi connectivity index (χ1v) is 6.08. The molecule has 1 heterocycles. The lowest BCUT2D eigenvalue weighted by Crippen LogP contribution is -2.00. The number of aromatic hydroxyl groups is 1. The number of nitrogens with zero attached hydrogens (tertiary/aromatic N) is 2. The van der Waals surface area contributed by atoms with Crippen molar-refractivity contribution >= 4 is 17.6 Å². The summed E-state index contributed by atoms with van der Waals surface area (Å²) in [7, 11) is 3.03. The van der Waals surface area contributed by atoms with Crippen molar-refractivity contribution in [2.75, 3.05) is 7.11 Å². The molecule has 0 atom stereocenters. The average Bonchev–Trinajstić information content (AvgIpc) is 2.75. The third-order valence-corrected chi connectivity index (χ3v) is 3.41. The van der Waals surface area contributed by atoms with Gasteiger partial charge >= 0.3 is 5.97 Å². The molecule has 0 aliphatic heterocycles. The molecule has 0 aliphatic rings. The number of ether oxygens (including phenoxy) is 1. The molecule has 0 spiro atoms. The number of carboxylic acids is 1. The van der Waals surface area contributed by atoms with Gasteiger partial charge in [0.05, 0.1) is 18.4 Å². The fourth-order valence-electron chi connectivity index (χ4n) is 2.03. The molecule has 2 aromatic rings. The molecule has 0 unspecified atom stereocenters. The second-order valence-corrected chi connectivity index (χ2v) is 4.66. The molecule has 0 radical (unpaired) electrons. The second-order valence-electron chi connectivity index (χ2n) is 4.25. The average molecular weight is 297 g/mol. The lowest BCUT2D eigenvalue weighted by atomic mass is 10.0. The number of aryl methyl sites for hydroxylation is 1. The molecule has 20 heavy (non-hydrogen) atoms. The molecule has 106 valence electrons. The zero-order valence-electron chi connectivity index (χ0n) is 11.1. The van der Waals surface area contributed by atoms with Crippen LogP contribution in [0.5, 0.6) is 11.5 Å². The first-order valence-electron chi connectivity index (χ1n) is 5.70. The van der Waals surface area contributed by atoms with Gasteiger partial charge in [-0.1, -0.05) is 11.6 Å². The first-order chi connectivity index (χ1) is 9.36. The lowest BCUT2D eigenvalue weighted by molar-refractivity contribution is 0.0689. The van der Waals surface area contributed by atoms with Crippen LogP contribution in [0.3, 0.4) is 0 Å². The number of carboxylic acid groups (broad SMARTS) is 1. The molecular weight excluding hydrogens is 284 g/mol. The maximum Gasteiger partial charge on any atom is 0.356 e. The number of rotatable bonds is 3. The Balaban J connectivity index is 2.78. The van der Waals surface area contributed by atoms with Crippen LogP contribution in [-0.2, 0) is 7.05 Å². The third-order valence-electron chi connectivity index (χ3n) is 3.02. The molecule has 1 aromatic carbocycles. The number of carbonyl (C=O) groups is 1. The summed E-state index contributed by atoms with van der Waals surface area (Å²) in [6.07, 6.45) is 0. The van der Waals surface area contributed by atoms with Crippen molar-refractivity contribution in [1.82, 2.24) is 9.78 Å². The maximum atomic E-state index is 11.0. The standard InChI is InChI=1S/C13H13ClN2O4/c1-6-7(14)4-10(17)12(20-3)11(6)9-5-8(13(18)19)15-16(9)2/h4-5,17H,1-3H3,(H,18,19). The van der Waals surface area contributed by atoms with Crippen LogP contribution in [0.15, 0.2) is 12.1 Å².